The van der Waals surface area contributed by atoms with Crippen LogP contribution in [0.4, 0.5) is 5.69 Å². The van der Waals surface area contributed by atoms with Crippen LogP contribution in [-0.4, -0.2) is 12.5 Å². The quantitative estimate of drug-likeness (QED) is 0.846. The van der Waals surface area contributed by atoms with Crippen LogP contribution in [0.1, 0.15) is 32.6 Å². The van der Waals surface area contributed by atoms with Crippen molar-refractivity contribution < 1.29 is 4.79 Å². The van der Waals surface area contributed by atoms with Crippen molar-refractivity contribution in [2.75, 3.05) is 12.3 Å². The number of hydrogen-bond acceptors (Lipinski definition) is 2. The Morgan fingerprint density at radius 3 is 2.48 bits per heavy atom. The lowest BCUT2D eigenvalue weighted by molar-refractivity contribution is 0.0953. The largest absolute Gasteiger partial charge is 0.398 e. The van der Waals surface area contributed by atoms with Gasteiger partial charge in [-0.1, -0.05) is 30.3 Å². The first kappa shape index (κ1) is 15.1. The SMILES string of the molecule is Cc1cc(C)c(C(=O)NCCc2ccccc2C)cc1N. The molecule has 0 atom stereocenters. The molecule has 0 radical (unpaired) electrons. The van der Waals surface area contributed by atoms with Gasteiger partial charge in [0.15, 0.2) is 0 Å². The summed E-state index contributed by atoms with van der Waals surface area (Å²) in [4.78, 5) is 12.2. The molecule has 2 aromatic carbocycles. The first-order chi connectivity index (χ1) is 9.99. The maximum atomic E-state index is 12.2. The van der Waals surface area contributed by atoms with E-state index in [0.29, 0.717) is 17.8 Å². The molecule has 3 N–H and O–H groups in total. The summed E-state index contributed by atoms with van der Waals surface area (Å²) in [6.07, 6.45) is 0.832. The van der Waals surface area contributed by atoms with Gasteiger partial charge in [0, 0.05) is 17.8 Å². The van der Waals surface area contributed by atoms with Crippen LogP contribution in [0.2, 0.25) is 0 Å². The summed E-state index contributed by atoms with van der Waals surface area (Å²) in [6, 6.07) is 11.9. The van der Waals surface area contributed by atoms with E-state index in [4.69, 9.17) is 5.73 Å². The minimum Gasteiger partial charge on any atom is -0.398 e. The van der Waals surface area contributed by atoms with Gasteiger partial charge in [-0.15, -0.1) is 0 Å². The van der Waals surface area contributed by atoms with Gasteiger partial charge >= 0.3 is 0 Å². The van der Waals surface area contributed by atoms with Gasteiger partial charge in [0.1, 0.15) is 0 Å². The van der Waals surface area contributed by atoms with Gasteiger partial charge in [-0.3, -0.25) is 4.79 Å². The molecule has 3 nitrogen and oxygen atoms in total. The highest BCUT2D eigenvalue weighted by molar-refractivity contribution is 5.96. The van der Waals surface area contributed by atoms with Crippen LogP contribution >= 0.6 is 0 Å². The molecule has 0 fully saturated rings. The van der Waals surface area contributed by atoms with Crippen LogP contribution in [0.25, 0.3) is 0 Å². The Morgan fingerprint density at radius 1 is 1.05 bits per heavy atom. The fourth-order valence-electron chi connectivity index (χ4n) is 2.41. The predicted octanol–water partition coefficient (Wildman–Crippen LogP) is 3.17. The number of carbonyl (C=O) groups is 1. The Labute approximate surface area is 126 Å². The third-order valence-corrected chi connectivity index (χ3v) is 3.80. The molecule has 0 heterocycles. The minimum absolute atomic E-state index is 0.0622. The number of rotatable bonds is 4. The van der Waals surface area contributed by atoms with Crippen molar-refractivity contribution in [1.29, 1.82) is 0 Å². The first-order valence-electron chi connectivity index (χ1n) is 7.18. The first-order valence-corrected chi connectivity index (χ1v) is 7.18. The van der Waals surface area contributed by atoms with Crippen LogP contribution in [-0.2, 0) is 6.42 Å². The van der Waals surface area contributed by atoms with E-state index in [1.807, 2.05) is 32.0 Å². The van der Waals surface area contributed by atoms with E-state index in [1.54, 1.807) is 6.07 Å². The molecule has 0 unspecified atom stereocenters. The fraction of sp³-hybridized carbons (Fsp3) is 0.278. The Bertz CT molecular complexity index is 662. The maximum Gasteiger partial charge on any atom is 0.251 e. The molecule has 0 aliphatic carbocycles. The molecule has 0 spiro atoms. The van der Waals surface area contributed by atoms with Crippen LogP contribution in [0.3, 0.4) is 0 Å². The number of carbonyl (C=O) groups excluding carboxylic acids is 1. The second kappa shape index (κ2) is 6.44. The summed E-state index contributed by atoms with van der Waals surface area (Å²) < 4.78 is 0. The number of anilines is 1. The second-order valence-corrected chi connectivity index (χ2v) is 5.46. The highest BCUT2D eigenvalue weighted by atomic mass is 16.1. The van der Waals surface area contributed by atoms with E-state index in [2.05, 4.69) is 24.4 Å². The normalized spacial score (nSPS) is 10.4. The van der Waals surface area contributed by atoms with Crippen molar-refractivity contribution in [1.82, 2.24) is 5.32 Å². The number of nitrogens with one attached hydrogen (secondary N) is 1. The van der Waals surface area contributed by atoms with Gasteiger partial charge in [0.2, 0.25) is 0 Å². The summed E-state index contributed by atoms with van der Waals surface area (Å²) in [5.41, 5.74) is 11.7. The monoisotopic (exact) mass is 282 g/mol. The minimum atomic E-state index is -0.0622. The van der Waals surface area contributed by atoms with Crippen molar-refractivity contribution in [3.05, 3.63) is 64.2 Å². The number of nitrogens with two attached hydrogens (primary N) is 1. The number of aryl methyl sites for hydroxylation is 3. The number of amides is 1. The molecule has 1 amide bonds. The molecule has 110 valence electrons. The van der Waals surface area contributed by atoms with E-state index in [0.717, 1.165) is 17.5 Å². The lowest BCUT2D eigenvalue weighted by atomic mass is 10.0. The molecule has 2 aromatic rings. The van der Waals surface area contributed by atoms with E-state index in [-0.39, 0.29) is 5.91 Å². The topological polar surface area (TPSA) is 55.1 Å². The van der Waals surface area contributed by atoms with Gasteiger partial charge < -0.3 is 11.1 Å². The van der Waals surface area contributed by atoms with Gasteiger partial charge in [-0.25, -0.2) is 0 Å². The zero-order chi connectivity index (χ0) is 15.4. The lowest BCUT2D eigenvalue weighted by Crippen LogP contribution is -2.26. The maximum absolute atomic E-state index is 12.2. The summed E-state index contributed by atoms with van der Waals surface area (Å²) in [7, 11) is 0. The standard InChI is InChI=1S/C18H22N2O/c1-12-6-4-5-7-15(12)8-9-20-18(21)16-11-17(19)14(3)10-13(16)2/h4-7,10-11H,8-9,19H2,1-3H3,(H,20,21). The highest BCUT2D eigenvalue weighted by Crippen LogP contribution is 2.17. The van der Waals surface area contributed by atoms with Crippen molar-refractivity contribution in [3.63, 3.8) is 0 Å². The fourth-order valence-corrected chi connectivity index (χ4v) is 2.41. The molecule has 0 aliphatic heterocycles. The van der Waals surface area contributed by atoms with Gasteiger partial charge in [-0.05, 0) is 55.5 Å². The average molecular weight is 282 g/mol. The lowest BCUT2D eigenvalue weighted by Gasteiger charge is -2.11. The van der Waals surface area contributed by atoms with Crippen LogP contribution < -0.4 is 11.1 Å². The van der Waals surface area contributed by atoms with Gasteiger partial charge in [0.25, 0.3) is 5.91 Å². The molecular weight excluding hydrogens is 260 g/mol. The molecule has 0 bridgehead atoms. The number of hydrogen-bond donors (Lipinski definition) is 2. The smallest absolute Gasteiger partial charge is 0.251 e. The summed E-state index contributed by atoms with van der Waals surface area (Å²) in [5.74, 6) is -0.0622. The summed E-state index contributed by atoms with van der Waals surface area (Å²) >= 11 is 0. The third kappa shape index (κ3) is 3.63. The summed E-state index contributed by atoms with van der Waals surface area (Å²) in [6.45, 7) is 6.59. The summed E-state index contributed by atoms with van der Waals surface area (Å²) in [5, 5.41) is 2.97. The van der Waals surface area contributed by atoms with Crippen molar-refractivity contribution in [2.45, 2.75) is 27.2 Å². The Balaban J connectivity index is 2.00. The van der Waals surface area contributed by atoms with E-state index in [1.165, 1.54) is 11.1 Å². The zero-order valence-corrected chi connectivity index (χ0v) is 12.9. The average Bonchev–Trinajstić information content (AvgIpc) is 2.44. The molecule has 2 rings (SSSR count). The molecule has 0 aromatic heterocycles. The van der Waals surface area contributed by atoms with Crippen molar-refractivity contribution in [3.8, 4) is 0 Å². The number of benzene rings is 2. The van der Waals surface area contributed by atoms with Crippen LogP contribution in [0.5, 0.6) is 0 Å². The van der Waals surface area contributed by atoms with Crippen molar-refractivity contribution >= 4 is 11.6 Å². The highest BCUT2D eigenvalue weighted by Gasteiger charge is 2.10. The molecule has 0 aliphatic rings. The van der Waals surface area contributed by atoms with E-state index >= 15 is 0 Å². The third-order valence-electron chi connectivity index (χ3n) is 3.80. The number of nitrogen functional groups attached to an aromatic ring is 1. The van der Waals surface area contributed by atoms with Gasteiger partial charge in [0.05, 0.1) is 0 Å². The Morgan fingerprint density at radius 2 is 1.76 bits per heavy atom. The Hall–Kier alpha value is -2.29. The van der Waals surface area contributed by atoms with Crippen molar-refractivity contribution in [2.24, 2.45) is 0 Å². The molecule has 0 saturated carbocycles. The van der Waals surface area contributed by atoms with Gasteiger partial charge in [-0.2, -0.15) is 0 Å². The van der Waals surface area contributed by atoms with Crippen LogP contribution in [0.15, 0.2) is 36.4 Å². The predicted molar refractivity (Wildman–Crippen MR) is 87.5 cm³/mol. The molecule has 21 heavy (non-hydrogen) atoms. The molecule has 3 heteroatoms. The second-order valence-electron chi connectivity index (χ2n) is 5.46. The zero-order valence-electron chi connectivity index (χ0n) is 12.9. The van der Waals surface area contributed by atoms with E-state index in [9.17, 15) is 4.79 Å². The molecular formula is C18H22N2O. The molecule has 0 saturated heterocycles. The van der Waals surface area contributed by atoms with Crippen LogP contribution in [0, 0.1) is 20.8 Å². The van der Waals surface area contributed by atoms with E-state index < -0.39 is 0 Å². The Kier molecular flexibility index (Phi) is 4.63.